The molecule has 0 unspecified atom stereocenters. The van der Waals surface area contributed by atoms with Crippen LogP contribution in [0, 0.1) is 13.8 Å². The first kappa shape index (κ1) is 16.8. The first-order chi connectivity index (χ1) is 10.5. The molecule has 4 heteroatoms. The van der Waals surface area contributed by atoms with E-state index in [9.17, 15) is 4.79 Å². The van der Waals surface area contributed by atoms with Crippen LogP contribution in [0.15, 0.2) is 36.4 Å². The van der Waals surface area contributed by atoms with E-state index in [2.05, 4.69) is 48.6 Å². The van der Waals surface area contributed by atoms with Gasteiger partial charge in [-0.3, -0.25) is 4.79 Å². The van der Waals surface area contributed by atoms with Crippen LogP contribution in [0.3, 0.4) is 0 Å². The fraction of sp³-hybridized carbons (Fsp3) is 0.278. The number of benzene rings is 2. The molecule has 0 aromatic heterocycles. The summed E-state index contributed by atoms with van der Waals surface area (Å²) in [4.78, 5) is 10.7. The quantitative estimate of drug-likeness (QED) is 0.567. The van der Waals surface area contributed by atoms with Crippen molar-refractivity contribution in [3.05, 3.63) is 53.1 Å². The van der Waals surface area contributed by atoms with Gasteiger partial charge in [0.15, 0.2) is 0 Å². The molecular formula is C18H19IO3. The molecule has 0 atom stereocenters. The Morgan fingerprint density at radius 2 is 1.68 bits per heavy atom. The molecule has 0 heterocycles. The maximum absolute atomic E-state index is 10.7. The molecule has 2 rings (SSSR count). The lowest BCUT2D eigenvalue weighted by atomic mass is 9.98. The number of ether oxygens (including phenoxy) is 1. The van der Waals surface area contributed by atoms with Gasteiger partial charge in [-0.25, -0.2) is 0 Å². The van der Waals surface area contributed by atoms with Crippen LogP contribution in [-0.4, -0.2) is 22.1 Å². The molecule has 0 fully saturated rings. The Balaban J connectivity index is 2.27. The maximum atomic E-state index is 10.7. The summed E-state index contributed by atoms with van der Waals surface area (Å²) in [5.74, 6) is 0.152. The Hall–Kier alpha value is -1.56. The monoisotopic (exact) mass is 410 g/mol. The summed E-state index contributed by atoms with van der Waals surface area (Å²) in [5.41, 5.74) is 5.26. The molecule has 1 N–H and O–H groups in total. The van der Waals surface area contributed by atoms with Crippen molar-refractivity contribution in [3.63, 3.8) is 0 Å². The number of carboxylic acids is 1. The highest BCUT2D eigenvalue weighted by atomic mass is 127. The van der Waals surface area contributed by atoms with E-state index in [1.807, 2.05) is 24.3 Å². The van der Waals surface area contributed by atoms with E-state index in [0.29, 0.717) is 6.61 Å². The summed E-state index contributed by atoms with van der Waals surface area (Å²) in [7, 11) is 0. The molecule has 3 nitrogen and oxygen atoms in total. The molecule has 116 valence electrons. The van der Waals surface area contributed by atoms with E-state index < -0.39 is 5.97 Å². The largest absolute Gasteiger partial charge is 0.492 e. The zero-order chi connectivity index (χ0) is 16.1. The van der Waals surface area contributed by atoms with Gasteiger partial charge < -0.3 is 9.84 Å². The summed E-state index contributed by atoms with van der Waals surface area (Å²) in [5, 5.41) is 8.81. The lowest BCUT2D eigenvalue weighted by molar-refractivity contribution is -0.136. The molecule has 0 saturated heterocycles. The Morgan fingerprint density at radius 3 is 2.18 bits per heavy atom. The number of carbonyl (C=O) groups is 1. The van der Waals surface area contributed by atoms with Gasteiger partial charge in [-0.05, 0) is 53.8 Å². The predicted molar refractivity (Wildman–Crippen MR) is 97.1 cm³/mol. The molecule has 0 aliphatic heterocycles. The standard InChI is InChI=1S/C18H19IO3/c1-12-9-16(10-13(2)18(12)22-8-7-19)15-5-3-14(4-6-15)11-17(20)21/h3-6,9-10H,7-8,11H2,1-2H3,(H,20,21). The molecule has 0 bridgehead atoms. The lowest BCUT2D eigenvalue weighted by Crippen LogP contribution is -2.01. The van der Waals surface area contributed by atoms with Crippen LogP contribution in [0.5, 0.6) is 5.75 Å². The molecule has 0 saturated carbocycles. The van der Waals surface area contributed by atoms with Gasteiger partial charge in [0.1, 0.15) is 5.75 Å². The molecule has 2 aromatic rings. The van der Waals surface area contributed by atoms with E-state index in [-0.39, 0.29) is 6.42 Å². The number of hydrogen-bond donors (Lipinski definition) is 1. The van der Waals surface area contributed by atoms with Crippen LogP contribution in [0.4, 0.5) is 0 Å². The van der Waals surface area contributed by atoms with E-state index in [0.717, 1.165) is 38.0 Å². The Kier molecular flexibility index (Phi) is 5.83. The third kappa shape index (κ3) is 4.22. The number of aliphatic carboxylic acids is 1. The molecule has 2 aromatic carbocycles. The van der Waals surface area contributed by atoms with Gasteiger partial charge in [0, 0.05) is 4.43 Å². The van der Waals surface area contributed by atoms with Crippen molar-refractivity contribution >= 4 is 28.6 Å². The Morgan fingerprint density at radius 1 is 1.09 bits per heavy atom. The number of carboxylic acid groups (broad SMARTS) is 1. The second-order valence-electron chi connectivity index (χ2n) is 5.24. The van der Waals surface area contributed by atoms with E-state index >= 15 is 0 Å². The molecule has 0 aliphatic carbocycles. The van der Waals surface area contributed by atoms with Gasteiger partial charge in [-0.1, -0.05) is 46.9 Å². The number of aryl methyl sites for hydroxylation is 2. The number of hydrogen-bond acceptors (Lipinski definition) is 2. The lowest BCUT2D eigenvalue weighted by Gasteiger charge is -2.14. The van der Waals surface area contributed by atoms with Crippen molar-refractivity contribution in [1.29, 1.82) is 0 Å². The second kappa shape index (κ2) is 7.63. The van der Waals surface area contributed by atoms with Gasteiger partial charge in [-0.15, -0.1) is 0 Å². The zero-order valence-electron chi connectivity index (χ0n) is 12.7. The van der Waals surface area contributed by atoms with Crippen LogP contribution >= 0.6 is 22.6 Å². The van der Waals surface area contributed by atoms with Gasteiger partial charge in [0.05, 0.1) is 13.0 Å². The van der Waals surface area contributed by atoms with Crippen molar-refractivity contribution in [2.24, 2.45) is 0 Å². The minimum absolute atomic E-state index is 0.0570. The normalized spacial score (nSPS) is 10.5. The van der Waals surface area contributed by atoms with Gasteiger partial charge in [-0.2, -0.15) is 0 Å². The van der Waals surface area contributed by atoms with Crippen LogP contribution < -0.4 is 4.74 Å². The first-order valence-electron chi connectivity index (χ1n) is 7.12. The van der Waals surface area contributed by atoms with Crippen LogP contribution in [0.1, 0.15) is 16.7 Å². The third-order valence-electron chi connectivity index (χ3n) is 3.43. The van der Waals surface area contributed by atoms with Gasteiger partial charge >= 0.3 is 5.97 Å². The summed E-state index contributed by atoms with van der Waals surface area (Å²) < 4.78 is 6.76. The highest BCUT2D eigenvalue weighted by Gasteiger charge is 2.08. The van der Waals surface area contributed by atoms with Crippen LogP contribution in [0.25, 0.3) is 11.1 Å². The number of rotatable bonds is 6. The zero-order valence-corrected chi connectivity index (χ0v) is 14.9. The van der Waals surface area contributed by atoms with Gasteiger partial charge in [0.25, 0.3) is 0 Å². The molecule has 0 aliphatic rings. The van der Waals surface area contributed by atoms with E-state index in [1.165, 1.54) is 0 Å². The second-order valence-corrected chi connectivity index (χ2v) is 6.32. The minimum Gasteiger partial charge on any atom is -0.492 e. The fourth-order valence-corrected chi connectivity index (χ4v) is 2.70. The molecule has 0 radical (unpaired) electrons. The van der Waals surface area contributed by atoms with Crippen LogP contribution in [-0.2, 0) is 11.2 Å². The average molecular weight is 410 g/mol. The molecular weight excluding hydrogens is 391 g/mol. The molecule has 0 spiro atoms. The summed E-state index contributed by atoms with van der Waals surface area (Å²) in [6.07, 6.45) is 0.0570. The maximum Gasteiger partial charge on any atom is 0.307 e. The Bertz CT molecular complexity index is 640. The summed E-state index contributed by atoms with van der Waals surface area (Å²) >= 11 is 2.30. The van der Waals surface area contributed by atoms with Crippen molar-refractivity contribution in [2.45, 2.75) is 20.3 Å². The molecule has 22 heavy (non-hydrogen) atoms. The van der Waals surface area contributed by atoms with Gasteiger partial charge in [0.2, 0.25) is 0 Å². The van der Waals surface area contributed by atoms with Crippen molar-refractivity contribution in [2.75, 3.05) is 11.0 Å². The Labute approximate surface area is 144 Å². The number of alkyl halides is 1. The van der Waals surface area contributed by atoms with E-state index in [4.69, 9.17) is 9.84 Å². The minimum atomic E-state index is -0.809. The molecule has 0 amide bonds. The highest BCUT2D eigenvalue weighted by Crippen LogP contribution is 2.30. The SMILES string of the molecule is Cc1cc(-c2ccc(CC(=O)O)cc2)cc(C)c1OCCI. The third-order valence-corrected chi connectivity index (χ3v) is 3.87. The predicted octanol–water partition coefficient (Wildman–Crippen LogP) is 4.41. The highest BCUT2D eigenvalue weighted by molar-refractivity contribution is 14.1. The first-order valence-corrected chi connectivity index (χ1v) is 8.65. The summed E-state index contributed by atoms with van der Waals surface area (Å²) in [6, 6.07) is 11.9. The average Bonchev–Trinajstić information content (AvgIpc) is 2.46. The van der Waals surface area contributed by atoms with Crippen molar-refractivity contribution in [3.8, 4) is 16.9 Å². The summed E-state index contributed by atoms with van der Waals surface area (Å²) in [6.45, 7) is 4.82. The topological polar surface area (TPSA) is 46.5 Å². The smallest absolute Gasteiger partial charge is 0.307 e. The fourth-order valence-electron chi connectivity index (χ4n) is 2.47. The van der Waals surface area contributed by atoms with Crippen molar-refractivity contribution < 1.29 is 14.6 Å². The van der Waals surface area contributed by atoms with Crippen LogP contribution in [0.2, 0.25) is 0 Å². The van der Waals surface area contributed by atoms with E-state index in [1.54, 1.807) is 0 Å². The van der Waals surface area contributed by atoms with Crippen molar-refractivity contribution in [1.82, 2.24) is 0 Å². The number of halogens is 1.